The number of hydrogen-bond acceptors (Lipinski definition) is 5. The molecule has 7 nitrogen and oxygen atoms in total. The summed E-state index contributed by atoms with van der Waals surface area (Å²) in [6.07, 6.45) is 2.32. The van der Waals surface area contributed by atoms with Gasteiger partial charge in [0, 0.05) is 19.1 Å². The van der Waals surface area contributed by atoms with E-state index in [1.807, 2.05) is 28.3 Å². The topological polar surface area (TPSA) is 80.1 Å². The van der Waals surface area contributed by atoms with Gasteiger partial charge < -0.3 is 14.8 Å². The fourth-order valence-electron chi connectivity index (χ4n) is 3.06. The van der Waals surface area contributed by atoms with Crippen molar-refractivity contribution in [3.63, 3.8) is 0 Å². The van der Waals surface area contributed by atoms with E-state index in [1.54, 1.807) is 16.2 Å². The summed E-state index contributed by atoms with van der Waals surface area (Å²) in [7, 11) is 0. The fourth-order valence-corrected chi connectivity index (χ4v) is 3.73. The molecule has 24 heavy (non-hydrogen) atoms. The highest BCUT2D eigenvalue weighted by atomic mass is 32.1. The molecule has 2 aliphatic rings. The zero-order chi connectivity index (χ0) is 16.7. The third kappa shape index (κ3) is 2.82. The predicted molar refractivity (Wildman–Crippen MR) is 88.4 cm³/mol. The van der Waals surface area contributed by atoms with Gasteiger partial charge in [-0.25, -0.2) is 0 Å². The molecule has 1 aliphatic heterocycles. The van der Waals surface area contributed by atoms with Crippen LogP contribution < -0.4 is 5.32 Å². The van der Waals surface area contributed by atoms with E-state index in [1.165, 1.54) is 0 Å². The molecule has 0 aromatic carbocycles. The number of carbonyl (C=O) groups excluding carboxylic acids is 2. The van der Waals surface area contributed by atoms with E-state index in [4.69, 9.17) is 0 Å². The maximum absolute atomic E-state index is 12.8. The molecule has 2 aromatic heterocycles. The lowest BCUT2D eigenvalue weighted by Gasteiger charge is -2.34. The van der Waals surface area contributed by atoms with E-state index >= 15 is 0 Å². The van der Waals surface area contributed by atoms with Crippen LogP contribution in [0.1, 0.15) is 36.1 Å². The molecular formula is C16H19N5O2S. The van der Waals surface area contributed by atoms with Gasteiger partial charge in [-0.15, -0.1) is 10.2 Å². The quantitative estimate of drug-likeness (QED) is 0.898. The molecule has 3 heterocycles. The molecule has 1 saturated carbocycles. The molecule has 1 unspecified atom stereocenters. The van der Waals surface area contributed by atoms with Gasteiger partial charge in [0.1, 0.15) is 5.82 Å². The zero-order valence-corrected chi connectivity index (χ0v) is 14.3. The summed E-state index contributed by atoms with van der Waals surface area (Å²) in [5, 5.41) is 15.2. The second-order valence-corrected chi connectivity index (χ2v) is 7.12. The lowest BCUT2D eigenvalue weighted by molar-refractivity contribution is -0.142. The number of nitrogens with one attached hydrogen (secondary N) is 1. The van der Waals surface area contributed by atoms with Crippen LogP contribution in [0.4, 0.5) is 0 Å². The van der Waals surface area contributed by atoms with Gasteiger partial charge in [0.25, 0.3) is 5.91 Å². The van der Waals surface area contributed by atoms with Crippen LogP contribution in [-0.2, 0) is 22.6 Å². The van der Waals surface area contributed by atoms with Crippen LogP contribution in [-0.4, -0.2) is 44.1 Å². The van der Waals surface area contributed by atoms with Gasteiger partial charge in [-0.2, -0.15) is 11.3 Å². The summed E-state index contributed by atoms with van der Waals surface area (Å²) in [4.78, 5) is 27.2. The Morgan fingerprint density at radius 2 is 2.17 bits per heavy atom. The fraction of sp³-hybridized carbons (Fsp3) is 0.500. The van der Waals surface area contributed by atoms with Gasteiger partial charge in [-0.05, 0) is 42.2 Å². The van der Waals surface area contributed by atoms with Gasteiger partial charge in [0.2, 0.25) is 5.91 Å². The molecular weight excluding hydrogens is 326 g/mol. The van der Waals surface area contributed by atoms with Crippen LogP contribution in [0, 0.1) is 6.92 Å². The molecule has 2 amide bonds. The number of aromatic nitrogens is 3. The Morgan fingerprint density at radius 1 is 1.33 bits per heavy atom. The van der Waals surface area contributed by atoms with Crippen LogP contribution in [0.3, 0.4) is 0 Å². The molecule has 1 N–H and O–H groups in total. The van der Waals surface area contributed by atoms with Crippen molar-refractivity contribution in [2.45, 2.75) is 44.8 Å². The Balaban J connectivity index is 1.61. The van der Waals surface area contributed by atoms with Gasteiger partial charge in [0.15, 0.2) is 11.9 Å². The Kier molecular flexibility index (Phi) is 3.84. The summed E-state index contributed by atoms with van der Waals surface area (Å²) in [6, 6.07) is 1.50. The maximum atomic E-state index is 12.8. The molecule has 1 atom stereocenters. The normalized spacial score (nSPS) is 19.9. The predicted octanol–water partition coefficient (Wildman–Crippen LogP) is 1.05. The third-order valence-electron chi connectivity index (χ3n) is 4.51. The lowest BCUT2D eigenvalue weighted by atomic mass is 10.1. The number of fused-ring (bicyclic) bond motifs is 1. The first kappa shape index (κ1) is 15.3. The smallest absolute Gasteiger partial charge is 0.251 e. The molecule has 0 saturated heterocycles. The van der Waals surface area contributed by atoms with Crippen molar-refractivity contribution >= 4 is 23.2 Å². The molecule has 2 aromatic rings. The summed E-state index contributed by atoms with van der Waals surface area (Å²) in [6.45, 7) is 2.99. The van der Waals surface area contributed by atoms with Crippen LogP contribution in [0.5, 0.6) is 0 Å². The number of amides is 2. The van der Waals surface area contributed by atoms with Crippen molar-refractivity contribution in [3.8, 4) is 0 Å². The van der Waals surface area contributed by atoms with Crippen molar-refractivity contribution in [2.24, 2.45) is 0 Å². The SMILES string of the molecule is Cc1nnc2n1CCN(C(=O)Cc1ccsc1)C2C(=O)NC1CC1. The van der Waals surface area contributed by atoms with E-state index in [9.17, 15) is 9.59 Å². The van der Waals surface area contributed by atoms with Crippen molar-refractivity contribution in [1.29, 1.82) is 0 Å². The van der Waals surface area contributed by atoms with E-state index in [0.29, 0.717) is 25.3 Å². The van der Waals surface area contributed by atoms with E-state index in [-0.39, 0.29) is 17.9 Å². The van der Waals surface area contributed by atoms with E-state index < -0.39 is 6.04 Å². The Hall–Kier alpha value is -2.22. The first-order chi connectivity index (χ1) is 11.6. The number of rotatable bonds is 4. The third-order valence-corrected chi connectivity index (χ3v) is 5.25. The summed E-state index contributed by atoms with van der Waals surface area (Å²) >= 11 is 1.57. The summed E-state index contributed by atoms with van der Waals surface area (Å²) in [5.41, 5.74) is 0.981. The first-order valence-electron chi connectivity index (χ1n) is 8.14. The van der Waals surface area contributed by atoms with Crippen molar-refractivity contribution in [1.82, 2.24) is 25.0 Å². The van der Waals surface area contributed by atoms with Crippen LogP contribution in [0.25, 0.3) is 0 Å². The molecule has 4 rings (SSSR count). The Morgan fingerprint density at radius 3 is 2.88 bits per heavy atom. The van der Waals surface area contributed by atoms with E-state index in [0.717, 1.165) is 24.2 Å². The molecule has 1 fully saturated rings. The van der Waals surface area contributed by atoms with Gasteiger partial charge >= 0.3 is 0 Å². The van der Waals surface area contributed by atoms with Gasteiger partial charge in [0.05, 0.1) is 6.42 Å². The number of hydrogen-bond donors (Lipinski definition) is 1. The lowest BCUT2D eigenvalue weighted by Crippen LogP contribution is -2.49. The molecule has 0 spiro atoms. The van der Waals surface area contributed by atoms with Crippen molar-refractivity contribution < 1.29 is 9.59 Å². The van der Waals surface area contributed by atoms with Crippen molar-refractivity contribution in [2.75, 3.05) is 6.54 Å². The molecule has 1 aliphatic carbocycles. The zero-order valence-electron chi connectivity index (χ0n) is 13.4. The monoisotopic (exact) mass is 345 g/mol. The average Bonchev–Trinajstić information content (AvgIpc) is 3.08. The highest BCUT2D eigenvalue weighted by Crippen LogP contribution is 2.28. The summed E-state index contributed by atoms with van der Waals surface area (Å²) < 4.78 is 1.94. The molecule has 0 radical (unpaired) electrons. The largest absolute Gasteiger partial charge is 0.351 e. The van der Waals surface area contributed by atoms with Crippen LogP contribution in [0.15, 0.2) is 16.8 Å². The number of nitrogens with zero attached hydrogens (tertiary/aromatic N) is 4. The second-order valence-electron chi connectivity index (χ2n) is 6.34. The molecule has 8 heteroatoms. The first-order valence-corrected chi connectivity index (χ1v) is 9.08. The van der Waals surface area contributed by atoms with Crippen LogP contribution in [0.2, 0.25) is 0 Å². The standard InChI is InChI=1S/C16H19N5O2S/c1-10-18-19-15-14(16(23)17-12-2-3-12)21(6-5-20(10)15)13(22)8-11-4-7-24-9-11/h4,7,9,12,14H,2-3,5-6,8H2,1H3,(H,17,23). The van der Waals surface area contributed by atoms with Gasteiger partial charge in [-0.1, -0.05) is 0 Å². The van der Waals surface area contributed by atoms with Crippen molar-refractivity contribution in [3.05, 3.63) is 34.0 Å². The minimum Gasteiger partial charge on any atom is -0.351 e. The van der Waals surface area contributed by atoms with Crippen LogP contribution >= 0.6 is 11.3 Å². The Bertz CT molecular complexity index is 766. The number of thiophene rings is 1. The summed E-state index contributed by atoms with van der Waals surface area (Å²) in [5.74, 6) is 1.15. The number of carbonyl (C=O) groups is 2. The molecule has 0 bridgehead atoms. The average molecular weight is 345 g/mol. The Labute approximate surface area is 143 Å². The second kappa shape index (κ2) is 6.01. The highest BCUT2D eigenvalue weighted by Gasteiger charge is 2.40. The molecule has 126 valence electrons. The van der Waals surface area contributed by atoms with E-state index in [2.05, 4.69) is 15.5 Å². The number of aryl methyl sites for hydroxylation is 1. The maximum Gasteiger partial charge on any atom is 0.251 e. The highest BCUT2D eigenvalue weighted by molar-refractivity contribution is 7.08. The van der Waals surface area contributed by atoms with Gasteiger partial charge in [-0.3, -0.25) is 9.59 Å². The minimum absolute atomic E-state index is 0.0451. The minimum atomic E-state index is -0.688.